The van der Waals surface area contributed by atoms with Crippen LogP contribution in [0.25, 0.3) is 22.5 Å². The van der Waals surface area contributed by atoms with Crippen molar-refractivity contribution in [3.8, 4) is 28.3 Å². The Bertz CT molecular complexity index is 1020. The summed E-state index contributed by atoms with van der Waals surface area (Å²) >= 11 is 0. The molecule has 140 valence electrons. The molecule has 4 aromatic rings. The van der Waals surface area contributed by atoms with Crippen molar-refractivity contribution in [1.29, 1.82) is 0 Å². The Morgan fingerprint density at radius 3 is 2.43 bits per heavy atom. The van der Waals surface area contributed by atoms with Crippen molar-refractivity contribution < 1.29 is 4.74 Å². The first-order chi connectivity index (χ1) is 13.8. The molecule has 1 heterocycles. The van der Waals surface area contributed by atoms with Gasteiger partial charge in [-0.05, 0) is 66.4 Å². The molecule has 0 atom stereocenters. The average molecular weight is 369 g/mol. The second-order valence-electron chi connectivity index (χ2n) is 6.75. The maximum absolute atomic E-state index is 5.87. The van der Waals surface area contributed by atoms with E-state index >= 15 is 0 Å². The topological polar surface area (TPSA) is 63.9 Å². The van der Waals surface area contributed by atoms with Crippen LogP contribution in [-0.4, -0.2) is 16.8 Å². The number of nitrogens with one attached hydrogen (secondary N) is 1. The van der Waals surface area contributed by atoms with E-state index in [1.165, 1.54) is 5.56 Å². The summed E-state index contributed by atoms with van der Waals surface area (Å²) in [6.45, 7) is 0.706. The fraction of sp³-hybridized carbons (Fsp3) is 0.125. The Labute approximate surface area is 165 Å². The van der Waals surface area contributed by atoms with Crippen molar-refractivity contribution in [2.24, 2.45) is 0 Å². The highest BCUT2D eigenvalue weighted by Crippen LogP contribution is 2.26. The van der Waals surface area contributed by atoms with Crippen molar-refractivity contribution in [2.75, 3.05) is 12.3 Å². The standard InChI is InChI=1S/C24H23N3O/c25-21-10-4-9-20(16-21)24-17-23(26-27-24)19-11-13-22(14-12-19)28-15-5-8-18-6-2-1-3-7-18/h1-4,6-7,9-14,16-17H,5,8,15,25H2,(H,26,27). The van der Waals surface area contributed by atoms with Gasteiger partial charge in [-0.3, -0.25) is 5.10 Å². The Hall–Kier alpha value is -3.53. The molecule has 4 rings (SSSR count). The van der Waals surface area contributed by atoms with Crippen molar-refractivity contribution in [3.05, 3.63) is 90.5 Å². The molecule has 0 spiro atoms. The highest BCUT2D eigenvalue weighted by Gasteiger charge is 2.06. The van der Waals surface area contributed by atoms with Crippen LogP contribution in [0.4, 0.5) is 5.69 Å². The van der Waals surface area contributed by atoms with Crippen LogP contribution in [0, 0.1) is 0 Å². The van der Waals surface area contributed by atoms with Gasteiger partial charge >= 0.3 is 0 Å². The van der Waals surface area contributed by atoms with E-state index in [-0.39, 0.29) is 0 Å². The third-order valence-corrected chi connectivity index (χ3v) is 4.65. The van der Waals surface area contributed by atoms with Crippen LogP contribution in [-0.2, 0) is 6.42 Å². The molecule has 28 heavy (non-hydrogen) atoms. The van der Waals surface area contributed by atoms with E-state index in [4.69, 9.17) is 10.5 Å². The lowest BCUT2D eigenvalue weighted by Crippen LogP contribution is -1.99. The SMILES string of the molecule is Nc1cccc(-c2cc(-c3ccc(OCCCc4ccccc4)cc3)[nH]n2)c1. The Morgan fingerprint density at radius 1 is 0.821 bits per heavy atom. The van der Waals surface area contributed by atoms with Crippen LogP contribution in [0.3, 0.4) is 0 Å². The number of nitrogen functional groups attached to an aromatic ring is 1. The minimum Gasteiger partial charge on any atom is -0.494 e. The van der Waals surface area contributed by atoms with Gasteiger partial charge in [0.25, 0.3) is 0 Å². The lowest BCUT2D eigenvalue weighted by molar-refractivity contribution is 0.311. The van der Waals surface area contributed by atoms with Gasteiger partial charge in [0.1, 0.15) is 5.75 Å². The number of benzene rings is 3. The van der Waals surface area contributed by atoms with Gasteiger partial charge in [-0.2, -0.15) is 5.10 Å². The van der Waals surface area contributed by atoms with Crippen molar-refractivity contribution in [3.63, 3.8) is 0 Å². The molecule has 0 unspecified atom stereocenters. The number of hydrogen-bond donors (Lipinski definition) is 2. The third kappa shape index (κ3) is 4.41. The predicted octanol–water partition coefficient (Wildman–Crippen LogP) is 5.34. The summed E-state index contributed by atoms with van der Waals surface area (Å²) in [7, 11) is 0. The smallest absolute Gasteiger partial charge is 0.119 e. The number of rotatable bonds is 7. The molecular formula is C24H23N3O. The van der Waals surface area contributed by atoms with Gasteiger partial charge in [-0.25, -0.2) is 0 Å². The van der Waals surface area contributed by atoms with Crippen molar-refractivity contribution in [1.82, 2.24) is 10.2 Å². The average Bonchev–Trinajstić information content (AvgIpc) is 3.23. The number of anilines is 1. The first-order valence-electron chi connectivity index (χ1n) is 9.46. The normalized spacial score (nSPS) is 10.7. The molecule has 3 N–H and O–H groups in total. The molecule has 0 aliphatic heterocycles. The van der Waals surface area contributed by atoms with Crippen LogP contribution in [0.2, 0.25) is 0 Å². The summed E-state index contributed by atoms with van der Waals surface area (Å²) in [5.74, 6) is 0.882. The quantitative estimate of drug-likeness (QED) is 0.341. The maximum atomic E-state index is 5.87. The number of aromatic nitrogens is 2. The highest BCUT2D eigenvalue weighted by atomic mass is 16.5. The van der Waals surface area contributed by atoms with Gasteiger partial charge in [0.05, 0.1) is 18.0 Å². The zero-order chi connectivity index (χ0) is 19.2. The molecule has 0 saturated carbocycles. The van der Waals surface area contributed by atoms with Crippen LogP contribution in [0.1, 0.15) is 12.0 Å². The van der Waals surface area contributed by atoms with E-state index in [1.54, 1.807) is 0 Å². The number of nitrogens with zero attached hydrogens (tertiary/aromatic N) is 1. The molecule has 3 aromatic carbocycles. The molecule has 0 saturated heterocycles. The number of H-pyrrole nitrogens is 1. The Balaban J connectivity index is 1.34. The van der Waals surface area contributed by atoms with E-state index in [0.29, 0.717) is 6.61 Å². The van der Waals surface area contributed by atoms with Gasteiger partial charge in [0, 0.05) is 11.3 Å². The molecule has 1 aromatic heterocycles. The minimum absolute atomic E-state index is 0.706. The second-order valence-corrected chi connectivity index (χ2v) is 6.75. The van der Waals surface area contributed by atoms with E-state index in [9.17, 15) is 0 Å². The number of aryl methyl sites for hydroxylation is 1. The molecule has 4 nitrogen and oxygen atoms in total. The first kappa shape index (κ1) is 17.9. The zero-order valence-corrected chi connectivity index (χ0v) is 15.6. The van der Waals surface area contributed by atoms with Crippen LogP contribution >= 0.6 is 0 Å². The molecule has 0 aliphatic rings. The molecule has 0 amide bonds. The fourth-order valence-electron chi connectivity index (χ4n) is 3.16. The summed E-state index contributed by atoms with van der Waals surface area (Å²) < 4.78 is 5.87. The minimum atomic E-state index is 0.706. The summed E-state index contributed by atoms with van der Waals surface area (Å²) in [4.78, 5) is 0. The fourth-order valence-corrected chi connectivity index (χ4v) is 3.16. The zero-order valence-electron chi connectivity index (χ0n) is 15.6. The summed E-state index contributed by atoms with van der Waals surface area (Å²) in [5, 5.41) is 7.50. The van der Waals surface area contributed by atoms with Crippen LogP contribution in [0.15, 0.2) is 84.9 Å². The largest absolute Gasteiger partial charge is 0.494 e. The van der Waals surface area contributed by atoms with E-state index in [1.807, 2.05) is 60.7 Å². The summed E-state index contributed by atoms with van der Waals surface area (Å²) in [6.07, 6.45) is 2.02. The van der Waals surface area contributed by atoms with Gasteiger partial charge in [0.15, 0.2) is 0 Å². The molecular weight excluding hydrogens is 346 g/mol. The molecule has 4 heteroatoms. The lowest BCUT2D eigenvalue weighted by atomic mass is 10.1. The van der Waals surface area contributed by atoms with Gasteiger partial charge < -0.3 is 10.5 Å². The Morgan fingerprint density at radius 2 is 1.64 bits per heavy atom. The van der Waals surface area contributed by atoms with Crippen LogP contribution in [0.5, 0.6) is 5.75 Å². The number of hydrogen-bond acceptors (Lipinski definition) is 3. The highest BCUT2D eigenvalue weighted by molar-refractivity contribution is 5.70. The van der Waals surface area contributed by atoms with E-state index < -0.39 is 0 Å². The van der Waals surface area contributed by atoms with Gasteiger partial charge in [-0.1, -0.05) is 42.5 Å². The van der Waals surface area contributed by atoms with Crippen LogP contribution < -0.4 is 10.5 Å². The van der Waals surface area contributed by atoms with Gasteiger partial charge in [-0.15, -0.1) is 0 Å². The van der Waals surface area contributed by atoms with E-state index in [2.05, 4.69) is 34.5 Å². The van der Waals surface area contributed by atoms with Crippen molar-refractivity contribution in [2.45, 2.75) is 12.8 Å². The summed E-state index contributed by atoms with van der Waals surface area (Å²) in [6, 6.07) is 28.3. The number of nitrogens with two attached hydrogens (primary N) is 1. The van der Waals surface area contributed by atoms with Gasteiger partial charge in [0.2, 0.25) is 0 Å². The summed E-state index contributed by atoms with van der Waals surface area (Å²) in [5.41, 5.74) is 11.9. The monoisotopic (exact) mass is 369 g/mol. The number of ether oxygens (including phenoxy) is 1. The first-order valence-corrected chi connectivity index (χ1v) is 9.46. The lowest BCUT2D eigenvalue weighted by Gasteiger charge is -2.07. The van der Waals surface area contributed by atoms with E-state index in [0.717, 1.165) is 46.8 Å². The Kier molecular flexibility index (Phi) is 5.38. The second kappa shape index (κ2) is 8.44. The molecule has 0 bridgehead atoms. The predicted molar refractivity (Wildman–Crippen MR) is 114 cm³/mol. The third-order valence-electron chi connectivity index (χ3n) is 4.65. The molecule has 0 fully saturated rings. The van der Waals surface area contributed by atoms with Crippen molar-refractivity contribution >= 4 is 5.69 Å². The number of aromatic amines is 1. The maximum Gasteiger partial charge on any atom is 0.119 e. The molecule has 0 radical (unpaired) electrons. The molecule has 0 aliphatic carbocycles.